The number of oxime groups is 1. The van der Waals surface area contributed by atoms with Gasteiger partial charge in [0, 0.05) is 5.56 Å². The van der Waals surface area contributed by atoms with E-state index in [1.165, 1.54) is 48.5 Å². The number of nitrogens with zero attached hydrogens (tertiary/aromatic N) is 1. The van der Waals surface area contributed by atoms with E-state index in [1.54, 1.807) is 24.3 Å². The molecule has 0 aliphatic heterocycles. The van der Waals surface area contributed by atoms with Crippen LogP contribution in [0.15, 0.2) is 82.8 Å². The minimum Gasteiger partial charge on any atom is -0.264 e. The van der Waals surface area contributed by atoms with Crippen LogP contribution in [-0.2, 0) is 14.4 Å². The summed E-state index contributed by atoms with van der Waals surface area (Å²) < 4.78 is 68.4. The van der Waals surface area contributed by atoms with Crippen molar-refractivity contribution in [2.45, 2.75) is 11.1 Å². The van der Waals surface area contributed by atoms with Gasteiger partial charge in [-0.1, -0.05) is 65.8 Å². The quantitative estimate of drug-likeness (QED) is 0.495. The van der Waals surface area contributed by atoms with Gasteiger partial charge in [0.25, 0.3) is 0 Å². The van der Waals surface area contributed by atoms with Crippen molar-refractivity contribution in [3.8, 4) is 0 Å². The van der Waals surface area contributed by atoms with E-state index in [2.05, 4.69) is 9.44 Å². The third-order valence-electron chi connectivity index (χ3n) is 3.55. The predicted octanol–water partition coefficient (Wildman–Crippen LogP) is 4.51. The fraction of sp³-hybridized carbons (Fsp3) is 0.0556. The molecule has 0 atom stereocenters. The topological polar surface area (TPSA) is 55.7 Å². The number of halogens is 3. The van der Waals surface area contributed by atoms with Crippen LogP contribution in [-0.4, -0.2) is 20.3 Å². The van der Waals surface area contributed by atoms with Crippen LogP contribution >= 0.6 is 0 Å². The maximum atomic E-state index is 13.2. The number of benzene rings is 3. The first-order chi connectivity index (χ1) is 12.3. The molecule has 0 bridgehead atoms. The minimum absolute atomic E-state index is 0.283. The summed E-state index contributed by atoms with van der Waals surface area (Å²) in [7, 11) is -4.50. The number of fused-ring (bicyclic) bond motifs is 1. The fourth-order valence-electron chi connectivity index (χ4n) is 2.32. The highest BCUT2D eigenvalue weighted by Crippen LogP contribution is 2.25. The van der Waals surface area contributed by atoms with Gasteiger partial charge in [-0.05, 0) is 22.9 Å². The first-order valence-corrected chi connectivity index (χ1v) is 8.81. The number of rotatable bonds is 4. The zero-order valence-electron chi connectivity index (χ0n) is 13.1. The SMILES string of the molecule is O=S(=O)(O/N=C(/c1ccccc1)C(F)(F)F)c1ccc2ccccc2c1. The fourth-order valence-corrected chi connectivity index (χ4v) is 3.08. The van der Waals surface area contributed by atoms with Crippen molar-refractivity contribution in [1.29, 1.82) is 0 Å². The van der Waals surface area contributed by atoms with Crippen LogP contribution in [0.1, 0.15) is 5.56 Å². The Morgan fingerprint density at radius 1 is 0.846 bits per heavy atom. The highest BCUT2D eigenvalue weighted by molar-refractivity contribution is 7.86. The van der Waals surface area contributed by atoms with Crippen molar-refractivity contribution in [1.82, 2.24) is 0 Å². The van der Waals surface area contributed by atoms with Gasteiger partial charge in [-0.2, -0.15) is 21.6 Å². The Morgan fingerprint density at radius 2 is 1.46 bits per heavy atom. The standard InChI is InChI=1S/C18H12F3NO3S/c19-18(20,21)17(14-7-2-1-3-8-14)22-25-26(23,24)16-11-10-13-6-4-5-9-15(13)12-16/h1-12H/b22-17-. The lowest BCUT2D eigenvalue weighted by Crippen LogP contribution is -2.25. The molecule has 0 aliphatic rings. The molecule has 0 heterocycles. The van der Waals surface area contributed by atoms with Crippen LogP contribution in [0.4, 0.5) is 13.2 Å². The van der Waals surface area contributed by atoms with Crippen LogP contribution < -0.4 is 0 Å². The van der Waals surface area contributed by atoms with Crippen LogP contribution in [0.25, 0.3) is 10.8 Å². The molecule has 3 aromatic carbocycles. The maximum absolute atomic E-state index is 13.2. The van der Waals surface area contributed by atoms with Gasteiger partial charge in [0.05, 0.1) is 0 Å². The molecule has 0 fully saturated rings. The molecule has 4 nitrogen and oxygen atoms in total. The first kappa shape index (κ1) is 17.9. The lowest BCUT2D eigenvalue weighted by molar-refractivity contribution is -0.0597. The average Bonchev–Trinajstić information content (AvgIpc) is 2.61. The van der Waals surface area contributed by atoms with Gasteiger partial charge in [-0.25, -0.2) is 0 Å². The lowest BCUT2D eigenvalue weighted by Gasteiger charge is -2.10. The predicted molar refractivity (Wildman–Crippen MR) is 91.3 cm³/mol. The smallest absolute Gasteiger partial charge is 0.264 e. The summed E-state index contributed by atoms with van der Waals surface area (Å²) in [6.07, 6.45) is -4.87. The molecular weight excluding hydrogens is 367 g/mol. The highest BCUT2D eigenvalue weighted by atomic mass is 32.2. The van der Waals surface area contributed by atoms with Crippen molar-refractivity contribution in [3.63, 3.8) is 0 Å². The van der Waals surface area contributed by atoms with E-state index in [-0.39, 0.29) is 10.5 Å². The molecule has 0 unspecified atom stereocenters. The van der Waals surface area contributed by atoms with E-state index in [4.69, 9.17) is 0 Å². The minimum atomic E-state index is -4.87. The van der Waals surface area contributed by atoms with Gasteiger partial charge in [0.1, 0.15) is 4.90 Å². The van der Waals surface area contributed by atoms with Gasteiger partial charge < -0.3 is 0 Å². The number of hydrogen-bond acceptors (Lipinski definition) is 4. The second kappa shape index (κ2) is 6.80. The van der Waals surface area contributed by atoms with Crippen LogP contribution in [0.2, 0.25) is 0 Å². The molecule has 0 N–H and O–H groups in total. The maximum Gasteiger partial charge on any atom is 0.437 e. The molecule has 0 saturated heterocycles. The van der Waals surface area contributed by atoms with E-state index < -0.39 is 22.0 Å². The summed E-state index contributed by atoms with van der Waals surface area (Å²) in [6, 6.07) is 17.7. The molecule has 0 aromatic heterocycles. The van der Waals surface area contributed by atoms with Gasteiger partial charge in [-0.15, -0.1) is 0 Å². The molecule has 0 aliphatic carbocycles. The van der Waals surface area contributed by atoms with Gasteiger partial charge in [0.15, 0.2) is 5.71 Å². The largest absolute Gasteiger partial charge is 0.437 e. The van der Waals surface area contributed by atoms with E-state index in [0.717, 1.165) is 5.39 Å². The molecule has 3 rings (SSSR count). The van der Waals surface area contributed by atoms with E-state index in [0.29, 0.717) is 5.39 Å². The monoisotopic (exact) mass is 379 g/mol. The van der Waals surface area contributed by atoms with Gasteiger partial charge in [-0.3, -0.25) is 4.28 Å². The second-order valence-electron chi connectivity index (χ2n) is 5.34. The molecule has 26 heavy (non-hydrogen) atoms. The Kier molecular flexibility index (Phi) is 4.69. The number of hydrogen-bond donors (Lipinski definition) is 0. The lowest BCUT2D eigenvalue weighted by atomic mass is 10.1. The normalized spacial score (nSPS) is 13.0. The molecule has 134 valence electrons. The molecule has 0 amide bonds. The first-order valence-electron chi connectivity index (χ1n) is 7.40. The summed E-state index contributed by atoms with van der Waals surface area (Å²) in [6.45, 7) is 0. The van der Waals surface area contributed by atoms with E-state index in [9.17, 15) is 21.6 Å². The van der Waals surface area contributed by atoms with Crippen molar-refractivity contribution >= 4 is 26.6 Å². The molecular formula is C18H12F3NO3S. The van der Waals surface area contributed by atoms with Gasteiger partial charge in [0.2, 0.25) is 0 Å². The third kappa shape index (κ3) is 3.85. The summed E-state index contributed by atoms with van der Waals surface area (Å²) >= 11 is 0. The summed E-state index contributed by atoms with van der Waals surface area (Å²) in [5.74, 6) is 0. The third-order valence-corrected chi connectivity index (χ3v) is 4.65. The van der Waals surface area contributed by atoms with Crippen molar-refractivity contribution < 1.29 is 25.9 Å². The summed E-state index contributed by atoms with van der Waals surface area (Å²) in [5.41, 5.74) is -1.73. The molecule has 0 radical (unpaired) electrons. The summed E-state index contributed by atoms with van der Waals surface area (Å²) in [5, 5.41) is 4.30. The van der Waals surface area contributed by atoms with Crippen LogP contribution in [0, 0.1) is 0 Å². The average molecular weight is 379 g/mol. The Balaban J connectivity index is 1.97. The van der Waals surface area contributed by atoms with Crippen LogP contribution in [0.5, 0.6) is 0 Å². The zero-order chi connectivity index (χ0) is 18.8. The molecule has 8 heteroatoms. The highest BCUT2D eigenvalue weighted by Gasteiger charge is 2.38. The Hall–Kier alpha value is -2.87. The molecule has 0 spiro atoms. The molecule has 3 aromatic rings. The van der Waals surface area contributed by atoms with Crippen LogP contribution in [0.3, 0.4) is 0 Å². The van der Waals surface area contributed by atoms with Gasteiger partial charge >= 0.3 is 16.3 Å². The second-order valence-corrected chi connectivity index (χ2v) is 6.87. The van der Waals surface area contributed by atoms with E-state index in [1.807, 2.05) is 0 Å². The van der Waals surface area contributed by atoms with E-state index >= 15 is 0 Å². The Bertz CT molecular complexity index is 1060. The van der Waals surface area contributed by atoms with Crippen molar-refractivity contribution in [3.05, 3.63) is 78.4 Å². The van der Waals surface area contributed by atoms with Crippen molar-refractivity contribution in [2.75, 3.05) is 0 Å². The van der Waals surface area contributed by atoms with Crippen molar-refractivity contribution in [2.24, 2.45) is 5.16 Å². The summed E-state index contributed by atoms with van der Waals surface area (Å²) in [4.78, 5) is -0.283. The Labute approximate surface area is 147 Å². The molecule has 0 saturated carbocycles. The number of alkyl halides is 3. The Morgan fingerprint density at radius 3 is 2.12 bits per heavy atom. The zero-order valence-corrected chi connectivity index (χ0v) is 14.0.